The molecule has 74 valence electrons. The van der Waals surface area contributed by atoms with Crippen molar-refractivity contribution >= 4 is 5.65 Å². The van der Waals surface area contributed by atoms with Gasteiger partial charge in [-0.3, -0.25) is 5.10 Å². The second kappa shape index (κ2) is 2.88. The third-order valence-corrected chi connectivity index (χ3v) is 2.42. The van der Waals surface area contributed by atoms with E-state index in [1.54, 1.807) is 18.3 Å². The average Bonchev–Trinajstić information content (AvgIpc) is 2.80. The maximum atomic E-state index is 9.73. The van der Waals surface area contributed by atoms with Gasteiger partial charge in [0.2, 0.25) is 0 Å². The highest BCUT2D eigenvalue weighted by Crippen LogP contribution is 2.30. The summed E-state index contributed by atoms with van der Waals surface area (Å²) in [6.07, 6.45) is 5.38. The van der Waals surface area contributed by atoms with E-state index in [4.69, 9.17) is 0 Å². The largest absolute Gasteiger partial charge is 0.507 e. The Hall–Kier alpha value is -2.23. The fraction of sp³-hybridized carbons (Fsp3) is 0. The number of nitrogens with one attached hydrogen (secondary N) is 1. The van der Waals surface area contributed by atoms with Gasteiger partial charge in [-0.15, -0.1) is 0 Å². The van der Waals surface area contributed by atoms with E-state index >= 15 is 0 Å². The summed E-state index contributed by atoms with van der Waals surface area (Å²) in [5.41, 5.74) is 2.50. The summed E-state index contributed by atoms with van der Waals surface area (Å²) in [6, 6.07) is 7.23. The first kappa shape index (κ1) is 8.11. The molecule has 0 saturated carbocycles. The Morgan fingerprint density at radius 1 is 1.20 bits per heavy atom. The number of benzene rings is 1. The molecule has 0 spiro atoms. The van der Waals surface area contributed by atoms with Crippen molar-refractivity contribution in [3.05, 3.63) is 42.9 Å². The number of phenols is 1. The number of hydrogen-bond donors (Lipinski definition) is 2. The third kappa shape index (κ3) is 1.11. The van der Waals surface area contributed by atoms with Crippen molar-refractivity contribution in [1.82, 2.24) is 14.6 Å². The van der Waals surface area contributed by atoms with Crippen molar-refractivity contribution < 1.29 is 5.11 Å². The number of H-pyrrole nitrogens is 1. The minimum absolute atomic E-state index is 0.266. The van der Waals surface area contributed by atoms with E-state index in [0.717, 1.165) is 16.8 Å². The number of aromatic nitrogens is 3. The molecule has 3 rings (SSSR count). The van der Waals surface area contributed by atoms with E-state index in [0.29, 0.717) is 0 Å². The molecule has 1 aromatic carbocycles. The summed E-state index contributed by atoms with van der Waals surface area (Å²) >= 11 is 0. The van der Waals surface area contributed by atoms with Gasteiger partial charge in [0.15, 0.2) is 5.65 Å². The molecule has 0 unspecified atom stereocenters. The maximum Gasteiger partial charge on any atom is 0.160 e. The highest BCUT2D eigenvalue weighted by Gasteiger charge is 2.09. The van der Waals surface area contributed by atoms with Crippen LogP contribution in [0.25, 0.3) is 16.8 Å². The number of imidazole rings is 1. The molecule has 0 amide bonds. The van der Waals surface area contributed by atoms with Crippen LogP contribution in [0.15, 0.2) is 42.9 Å². The first-order valence-corrected chi connectivity index (χ1v) is 4.65. The lowest BCUT2D eigenvalue weighted by molar-refractivity contribution is 0.477. The van der Waals surface area contributed by atoms with Gasteiger partial charge in [0.25, 0.3) is 0 Å². The number of aromatic amines is 1. The second-order valence-electron chi connectivity index (χ2n) is 3.33. The first-order valence-electron chi connectivity index (χ1n) is 4.65. The van der Waals surface area contributed by atoms with Crippen LogP contribution in [0.2, 0.25) is 0 Å². The summed E-state index contributed by atoms with van der Waals surface area (Å²) in [4.78, 5) is 4.22. The quantitative estimate of drug-likeness (QED) is 0.630. The van der Waals surface area contributed by atoms with Crippen LogP contribution in [0.5, 0.6) is 5.75 Å². The molecule has 4 nitrogen and oxygen atoms in total. The lowest BCUT2D eigenvalue weighted by Crippen LogP contribution is -1.79. The van der Waals surface area contributed by atoms with Crippen molar-refractivity contribution in [1.29, 1.82) is 0 Å². The lowest BCUT2D eigenvalue weighted by atomic mass is 10.1. The number of para-hydroxylation sites is 1. The standard InChI is InChI=1S/C11H9N3O/c15-10-4-2-1-3-8(10)9-7-13-14-6-5-12-11(9)14/h1-7,13,15H. The number of fused-ring (bicyclic) bond motifs is 1. The van der Waals surface area contributed by atoms with E-state index in [2.05, 4.69) is 10.1 Å². The van der Waals surface area contributed by atoms with Crippen molar-refractivity contribution in [2.45, 2.75) is 0 Å². The second-order valence-corrected chi connectivity index (χ2v) is 3.33. The SMILES string of the molecule is Oc1ccccc1-c1c[nH]n2ccnc12. The van der Waals surface area contributed by atoms with Crippen molar-refractivity contribution in [3.8, 4) is 16.9 Å². The Balaban J connectivity index is 2.31. The predicted octanol–water partition coefficient (Wildman–Crippen LogP) is 2.03. The Labute approximate surface area is 85.8 Å². The Bertz CT molecular complexity index is 609. The topological polar surface area (TPSA) is 53.3 Å². The number of aromatic hydroxyl groups is 1. The maximum absolute atomic E-state index is 9.73. The van der Waals surface area contributed by atoms with Gasteiger partial charge in [-0.25, -0.2) is 9.50 Å². The van der Waals surface area contributed by atoms with Gasteiger partial charge in [-0.1, -0.05) is 18.2 Å². The van der Waals surface area contributed by atoms with Crippen molar-refractivity contribution in [3.63, 3.8) is 0 Å². The highest BCUT2D eigenvalue weighted by molar-refractivity contribution is 5.80. The molecule has 0 aliphatic heterocycles. The smallest absolute Gasteiger partial charge is 0.160 e. The van der Waals surface area contributed by atoms with Crippen LogP contribution in [0, 0.1) is 0 Å². The molecule has 0 saturated heterocycles. The summed E-state index contributed by atoms with van der Waals surface area (Å²) in [7, 11) is 0. The molecule has 3 aromatic rings. The van der Waals surface area contributed by atoms with Crippen molar-refractivity contribution in [2.75, 3.05) is 0 Å². The van der Waals surface area contributed by atoms with Crippen LogP contribution in [-0.4, -0.2) is 19.7 Å². The molecule has 0 aliphatic carbocycles. The van der Waals surface area contributed by atoms with Gasteiger partial charge < -0.3 is 5.11 Å². The minimum Gasteiger partial charge on any atom is -0.507 e. The fourth-order valence-corrected chi connectivity index (χ4v) is 1.71. The Morgan fingerprint density at radius 2 is 2.07 bits per heavy atom. The van der Waals surface area contributed by atoms with Crippen LogP contribution in [0.3, 0.4) is 0 Å². The predicted molar refractivity (Wildman–Crippen MR) is 56.6 cm³/mol. The number of nitrogens with zero attached hydrogens (tertiary/aromatic N) is 2. The minimum atomic E-state index is 0.266. The van der Waals surface area contributed by atoms with Gasteiger partial charge in [-0.05, 0) is 6.07 Å². The van der Waals surface area contributed by atoms with Crippen LogP contribution < -0.4 is 0 Å². The monoisotopic (exact) mass is 199 g/mol. The van der Waals surface area contributed by atoms with Gasteiger partial charge in [0.1, 0.15) is 5.75 Å². The molecule has 0 fully saturated rings. The Kier molecular flexibility index (Phi) is 1.56. The van der Waals surface area contributed by atoms with E-state index in [1.807, 2.05) is 29.0 Å². The average molecular weight is 199 g/mol. The normalized spacial score (nSPS) is 10.9. The zero-order valence-corrected chi connectivity index (χ0v) is 7.88. The van der Waals surface area contributed by atoms with Crippen LogP contribution in [0.4, 0.5) is 0 Å². The fourth-order valence-electron chi connectivity index (χ4n) is 1.71. The number of phenolic OH excluding ortho intramolecular Hbond substituents is 1. The molecular formula is C11H9N3O. The van der Waals surface area contributed by atoms with E-state index in [1.165, 1.54) is 0 Å². The van der Waals surface area contributed by atoms with Gasteiger partial charge in [0.05, 0.1) is 0 Å². The zero-order valence-electron chi connectivity index (χ0n) is 7.88. The molecule has 15 heavy (non-hydrogen) atoms. The zero-order chi connectivity index (χ0) is 10.3. The highest BCUT2D eigenvalue weighted by atomic mass is 16.3. The van der Waals surface area contributed by atoms with Crippen LogP contribution >= 0.6 is 0 Å². The molecule has 2 N–H and O–H groups in total. The van der Waals surface area contributed by atoms with E-state index in [-0.39, 0.29) is 5.75 Å². The first-order chi connectivity index (χ1) is 7.36. The summed E-state index contributed by atoms with van der Waals surface area (Å²) < 4.78 is 1.81. The Morgan fingerprint density at radius 3 is 2.93 bits per heavy atom. The molecule has 0 atom stereocenters. The molecular weight excluding hydrogens is 190 g/mol. The molecule has 2 heterocycles. The van der Waals surface area contributed by atoms with Gasteiger partial charge >= 0.3 is 0 Å². The van der Waals surface area contributed by atoms with Crippen LogP contribution in [0.1, 0.15) is 0 Å². The van der Waals surface area contributed by atoms with Crippen molar-refractivity contribution in [2.24, 2.45) is 0 Å². The summed E-state index contributed by atoms with van der Waals surface area (Å²) in [5.74, 6) is 0.266. The molecule has 4 heteroatoms. The number of hydrogen-bond acceptors (Lipinski definition) is 2. The van der Waals surface area contributed by atoms with E-state index < -0.39 is 0 Å². The van der Waals surface area contributed by atoms with Gasteiger partial charge in [0, 0.05) is 29.7 Å². The molecule has 0 aliphatic rings. The van der Waals surface area contributed by atoms with Gasteiger partial charge in [-0.2, -0.15) is 0 Å². The van der Waals surface area contributed by atoms with E-state index in [9.17, 15) is 5.11 Å². The number of rotatable bonds is 1. The summed E-state index contributed by atoms with van der Waals surface area (Å²) in [5, 5.41) is 12.8. The summed E-state index contributed by atoms with van der Waals surface area (Å²) in [6.45, 7) is 0. The molecule has 0 radical (unpaired) electrons. The molecule has 2 aromatic heterocycles. The third-order valence-electron chi connectivity index (χ3n) is 2.42. The molecule has 0 bridgehead atoms. The van der Waals surface area contributed by atoms with Crippen LogP contribution in [-0.2, 0) is 0 Å². The lowest BCUT2D eigenvalue weighted by Gasteiger charge is -1.99.